The third-order valence-corrected chi connectivity index (χ3v) is 6.65. The molecule has 0 spiro atoms. The van der Waals surface area contributed by atoms with E-state index in [4.69, 9.17) is 9.47 Å². The molecule has 0 saturated carbocycles. The van der Waals surface area contributed by atoms with Gasteiger partial charge in [-0.25, -0.2) is 9.59 Å². The number of aromatic nitrogens is 2. The lowest BCUT2D eigenvalue weighted by Gasteiger charge is -2.27. The number of carbonyl (C=O) groups excluding carboxylic acids is 3. The molecule has 0 bridgehead atoms. The maximum absolute atomic E-state index is 13.1. The molecule has 1 aliphatic rings. The average molecular weight is 601 g/mol. The van der Waals surface area contributed by atoms with Crippen molar-refractivity contribution in [3.05, 3.63) is 72.2 Å². The quantitative estimate of drug-likeness (QED) is 0.288. The highest BCUT2D eigenvalue weighted by atomic mass is 79.9. The molecule has 1 atom stereocenters. The fourth-order valence-electron chi connectivity index (χ4n) is 4.60. The summed E-state index contributed by atoms with van der Waals surface area (Å²) in [5.41, 5.74) is 0.779. The highest BCUT2D eigenvalue weighted by molar-refractivity contribution is 9.10. The first-order chi connectivity index (χ1) is 18.4. The summed E-state index contributed by atoms with van der Waals surface area (Å²) in [6, 6.07) is 7.78. The van der Waals surface area contributed by atoms with E-state index < -0.39 is 40.7 Å². The summed E-state index contributed by atoms with van der Waals surface area (Å²) in [6.45, 7) is 5.34. The first-order valence-corrected chi connectivity index (χ1v) is 13.1. The number of methoxy groups -OCH3 is 1. The molecule has 0 saturated heterocycles. The molecule has 0 unspecified atom stereocenters. The number of nitrogens with one attached hydrogen (secondary N) is 3. The molecule has 2 heterocycles. The Morgan fingerprint density at radius 3 is 2.59 bits per heavy atom. The number of alkyl carbamates (subject to hydrolysis) is 1. The molecule has 3 N–H and O–H groups in total. The number of esters is 1. The molecule has 0 radical (unpaired) electrons. The van der Waals surface area contributed by atoms with Gasteiger partial charge in [0.05, 0.1) is 29.4 Å². The molecule has 12 heteroatoms. The van der Waals surface area contributed by atoms with Gasteiger partial charge in [0.1, 0.15) is 5.60 Å². The van der Waals surface area contributed by atoms with E-state index in [1.807, 2.05) is 6.07 Å². The summed E-state index contributed by atoms with van der Waals surface area (Å²) >= 11 is 3.43. The predicted molar refractivity (Wildman–Crippen MR) is 148 cm³/mol. The van der Waals surface area contributed by atoms with Crippen molar-refractivity contribution in [2.75, 3.05) is 12.4 Å². The van der Waals surface area contributed by atoms with Gasteiger partial charge in [-0.3, -0.25) is 19.0 Å². The average Bonchev–Trinajstić information content (AvgIpc) is 2.85. The lowest BCUT2D eigenvalue weighted by atomic mass is 9.96. The lowest BCUT2D eigenvalue weighted by Crippen LogP contribution is -2.41. The van der Waals surface area contributed by atoms with E-state index in [-0.39, 0.29) is 24.2 Å². The Kier molecular flexibility index (Phi) is 7.96. The van der Waals surface area contributed by atoms with Gasteiger partial charge in [0, 0.05) is 23.5 Å². The van der Waals surface area contributed by atoms with Crippen LogP contribution < -0.4 is 21.8 Å². The standard InChI is InChI=1S/C27H29BrN4O7/c1-27(2,3)39-26(37)29-13-14-5-8-19(18(9-14)25(36)38-4)30-21(33)12-17-7-6-15-10-16(28)11-20-22(15)32(17)24(35)23(34)31-20/h5,8-11,17H,6-7,12-13H2,1-4H3,(H,29,37)(H,30,33)(H,31,34)/t17-/m0/s1. The molecule has 2 amide bonds. The Bertz CT molecular complexity index is 1590. The first-order valence-electron chi connectivity index (χ1n) is 12.3. The van der Waals surface area contributed by atoms with E-state index in [1.165, 1.54) is 17.7 Å². The van der Waals surface area contributed by atoms with Gasteiger partial charge >= 0.3 is 23.2 Å². The van der Waals surface area contributed by atoms with Crippen LogP contribution in [0.25, 0.3) is 11.0 Å². The molecule has 1 aromatic heterocycles. The number of halogens is 1. The van der Waals surface area contributed by atoms with Crippen LogP contribution >= 0.6 is 15.9 Å². The molecule has 4 rings (SSSR count). The summed E-state index contributed by atoms with van der Waals surface area (Å²) < 4.78 is 12.3. The second-order valence-electron chi connectivity index (χ2n) is 10.3. The first kappa shape index (κ1) is 28.1. The number of aromatic amines is 1. The van der Waals surface area contributed by atoms with Crippen LogP contribution in [0.15, 0.2) is 44.4 Å². The number of aryl methyl sites for hydroxylation is 1. The van der Waals surface area contributed by atoms with Crippen molar-refractivity contribution in [1.29, 1.82) is 0 Å². The predicted octanol–water partition coefficient (Wildman–Crippen LogP) is 3.78. The van der Waals surface area contributed by atoms with Crippen molar-refractivity contribution in [3.8, 4) is 0 Å². The van der Waals surface area contributed by atoms with Crippen LogP contribution in [0.2, 0.25) is 0 Å². The molecule has 1 aliphatic heterocycles. The van der Waals surface area contributed by atoms with Crippen LogP contribution in [0.5, 0.6) is 0 Å². The van der Waals surface area contributed by atoms with E-state index in [0.29, 0.717) is 29.4 Å². The number of anilines is 1. The number of hydrogen-bond donors (Lipinski definition) is 3. The Morgan fingerprint density at radius 1 is 1.15 bits per heavy atom. The minimum atomic E-state index is -0.762. The van der Waals surface area contributed by atoms with Gasteiger partial charge < -0.3 is 25.1 Å². The zero-order valence-electron chi connectivity index (χ0n) is 22.0. The molecule has 0 fully saturated rings. The number of benzene rings is 2. The highest BCUT2D eigenvalue weighted by Crippen LogP contribution is 2.32. The van der Waals surface area contributed by atoms with Gasteiger partial charge in [0.25, 0.3) is 0 Å². The second-order valence-corrected chi connectivity index (χ2v) is 11.2. The molecule has 39 heavy (non-hydrogen) atoms. The van der Waals surface area contributed by atoms with E-state index in [0.717, 1.165) is 10.0 Å². The fourth-order valence-corrected chi connectivity index (χ4v) is 5.10. The minimum absolute atomic E-state index is 0.0868. The number of H-pyrrole nitrogens is 1. The Hall–Kier alpha value is -3.93. The zero-order valence-corrected chi connectivity index (χ0v) is 23.6. The number of nitrogens with zero attached hydrogens (tertiary/aromatic N) is 1. The van der Waals surface area contributed by atoms with Crippen LogP contribution in [0.4, 0.5) is 10.5 Å². The normalized spacial score (nSPS) is 14.5. The maximum atomic E-state index is 13.1. The highest BCUT2D eigenvalue weighted by Gasteiger charge is 2.27. The third kappa shape index (κ3) is 6.39. The van der Waals surface area contributed by atoms with Crippen molar-refractivity contribution in [2.45, 2.75) is 58.2 Å². The zero-order chi connectivity index (χ0) is 28.5. The van der Waals surface area contributed by atoms with Gasteiger partial charge in [-0.2, -0.15) is 0 Å². The van der Waals surface area contributed by atoms with E-state index >= 15 is 0 Å². The molecule has 2 aromatic carbocycles. The summed E-state index contributed by atoms with van der Waals surface area (Å²) in [6.07, 6.45) is 0.405. The van der Waals surface area contributed by atoms with Crippen molar-refractivity contribution in [3.63, 3.8) is 0 Å². The Morgan fingerprint density at radius 2 is 1.90 bits per heavy atom. The van der Waals surface area contributed by atoms with Gasteiger partial charge in [-0.15, -0.1) is 0 Å². The topological polar surface area (TPSA) is 149 Å². The lowest BCUT2D eigenvalue weighted by molar-refractivity contribution is -0.117. The van der Waals surface area contributed by atoms with Crippen LogP contribution in [0.1, 0.15) is 61.1 Å². The summed E-state index contributed by atoms with van der Waals surface area (Å²) in [5.74, 6) is -1.11. The largest absolute Gasteiger partial charge is 0.465 e. The van der Waals surface area contributed by atoms with Crippen LogP contribution in [-0.4, -0.2) is 40.2 Å². The van der Waals surface area contributed by atoms with Crippen LogP contribution in [-0.2, 0) is 27.2 Å². The SMILES string of the molecule is COC(=O)c1cc(CNC(=O)OC(C)(C)C)ccc1NC(=O)C[C@@H]1CCc2cc(Br)cc3[nH]c(=O)c(=O)n1c23. The van der Waals surface area contributed by atoms with Crippen molar-refractivity contribution >= 4 is 50.6 Å². The summed E-state index contributed by atoms with van der Waals surface area (Å²) in [4.78, 5) is 65.4. The van der Waals surface area contributed by atoms with Crippen LogP contribution in [0.3, 0.4) is 0 Å². The van der Waals surface area contributed by atoms with Crippen LogP contribution in [0, 0.1) is 0 Å². The Labute approximate surface area is 232 Å². The number of rotatable bonds is 6. The number of ether oxygens (including phenoxy) is 2. The van der Waals surface area contributed by atoms with E-state index in [9.17, 15) is 24.0 Å². The van der Waals surface area contributed by atoms with Gasteiger partial charge in [-0.05, 0) is 69.0 Å². The summed E-state index contributed by atoms with van der Waals surface area (Å²) in [7, 11) is 1.22. The monoisotopic (exact) mass is 600 g/mol. The van der Waals surface area contributed by atoms with Crippen molar-refractivity contribution < 1.29 is 23.9 Å². The van der Waals surface area contributed by atoms with Crippen molar-refractivity contribution in [1.82, 2.24) is 14.9 Å². The molecule has 0 aliphatic carbocycles. The second kappa shape index (κ2) is 11.0. The van der Waals surface area contributed by atoms with Gasteiger partial charge in [0.15, 0.2) is 0 Å². The number of amides is 2. The molecular weight excluding hydrogens is 572 g/mol. The third-order valence-electron chi connectivity index (χ3n) is 6.19. The molecule has 206 valence electrons. The minimum Gasteiger partial charge on any atom is -0.465 e. The summed E-state index contributed by atoms with van der Waals surface area (Å²) in [5, 5.41) is 5.36. The van der Waals surface area contributed by atoms with E-state index in [1.54, 1.807) is 39.0 Å². The van der Waals surface area contributed by atoms with Gasteiger partial charge in [0.2, 0.25) is 5.91 Å². The fraction of sp³-hybridized carbons (Fsp3) is 0.370. The number of hydrogen-bond acceptors (Lipinski definition) is 7. The molecule has 11 nitrogen and oxygen atoms in total. The van der Waals surface area contributed by atoms with Crippen molar-refractivity contribution in [2.24, 2.45) is 0 Å². The molecule has 3 aromatic rings. The van der Waals surface area contributed by atoms with E-state index in [2.05, 4.69) is 31.5 Å². The smallest absolute Gasteiger partial charge is 0.407 e. The number of carbonyl (C=O) groups is 3. The van der Waals surface area contributed by atoms with Gasteiger partial charge in [-0.1, -0.05) is 22.0 Å². The molecular formula is C27H29BrN4O7. The Balaban J connectivity index is 1.55. The maximum Gasteiger partial charge on any atom is 0.407 e.